The van der Waals surface area contributed by atoms with E-state index in [1.165, 1.54) is 23.8 Å². The summed E-state index contributed by atoms with van der Waals surface area (Å²) in [6, 6.07) is 14.9. The van der Waals surface area contributed by atoms with E-state index in [4.69, 9.17) is 5.26 Å². The molecule has 3 rings (SSSR count). The van der Waals surface area contributed by atoms with Crippen molar-refractivity contribution in [2.45, 2.75) is 18.9 Å². The maximum Gasteiger partial charge on any atom is 0.0991 e. The van der Waals surface area contributed by atoms with Gasteiger partial charge >= 0.3 is 0 Å². The van der Waals surface area contributed by atoms with E-state index in [1.807, 2.05) is 18.2 Å². The van der Waals surface area contributed by atoms with Crippen LogP contribution in [0, 0.1) is 11.3 Å². The van der Waals surface area contributed by atoms with Crippen LogP contribution in [0.15, 0.2) is 42.5 Å². The zero-order valence-electron chi connectivity index (χ0n) is 10.8. The van der Waals surface area contributed by atoms with Crippen LogP contribution >= 0.6 is 0 Å². The second kappa shape index (κ2) is 5.26. The van der Waals surface area contributed by atoms with Crippen molar-refractivity contribution in [1.82, 2.24) is 5.32 Å². The molecule has 2 heteroatoms. The van der Waals surface area contributed by atoms with Crippen LogP contribution in [0.5, 0.6) is 0 Å². The predicted molar refractivity (Wildman–Crippen MR) is 78.7 cm³/mol. The highest BCUT2D eigenvalue weighted by Crippen LogP contribution is 2.19. The number of hydrogen-bond donors (Lipinski definition) is 1. The second-order valence-electron chi connectivity index (χ2n) is 5.00. The highest BCUT2D eigenvalue weighted by Gasteiger charge is 2.09. The fraction of sp³-hybridized carbons (Fsp3) is 0.235. The minimum atomic E-state index is 0.525. The van der Waals surface area contributed by atoms with Crippen LogP contribution in [0.2, 0.25) is 0 Å². The molecule has 0 spiro atoms. The van der Waals surface area contributed by atoms with E-state index in [2.05, 4.69) is 41.7 Å². The number of fused-ring (bicyclic) bond motifs is 1. The number of nitrogens with one attached hydrogen (secondary N) is 1. The average Bonchev–Trinajstić information content (AvgIpc) is 2.97. The lowest BCUT2D eigenvalue weighted by molar-refractivity contribution is 0.730. The molecule has 2 nitrogen and oxygen atoms in total. The number of rotatable bonds is 2. The molecule has 1 aliphatic rings. The number of nitriles is 1. The van der Waals surface area contributed by atoms with Crippen LogP contribution in [0.25, 0.3) is 16.8 Å². The molecule has 0 unspecified atom stereocenters. The molecule has 1 N–H and O–H groups in total. The van der Waals surface area contributed by atoms with Crippen LogP contribution in [0.1, 0.15) is 24.0 Å². The zero-order valence-corrected chi connectivity index (χ0v) is 10.8. The van der Waals surface area contributed by atoms with Gasteiger partial charge in [-0.1, -0.05) is 30.4 Å². The topological polar surface area (TPSA) is 35.8 Å². The summed E-state index contributed by atoms with van der Waals surface area (Å²) in [5.74, 6) is 0. The monoisotopic (exact) mass is 248 g/mol. The first kappa shape index (κ1) is 12.0. The first-order valence-corrected chi connectivity index (χ1v) is 6.71. The predicted octanol–water partition coefficient (Wildman–Crippen LogP) is 3.48. The summed E-state index contributed by atoms with van der Waals surface area (Å²) in [4.78, 5) is 0. The fourth-order valence-corrected chi connectivity index (χ4v) is 2.54. The van der Waals surface area contributed by atoms with Crippen molar-refractivity contribution in [2.24, 2.45) is 0 Å². The summed E-state index contributed by atoms with van der Waals surface area (Å²) in [6.45, 7) is 1.13. The summed E-state index contributed by atoms with van der Waals surface area (Å²) in [7, 11) is 0. The first-order valence-electron chi connectivity index (χ1n) is 6.71. The van der Waals surface area contributed by atoms with E-state index < -0.39 is 0 Å². The molecule has 1 heterocycles. The Hall–Kier alpha value is -2.11. The Morgan fingerprint density at radius 2 is 2.00 bits per heavy atom. The second-order valence-corrected chi connectivity index (χ2v) is 5.00. The normalized spacial score (nSPS) is 19.0. The fourth-order valence-electron chi connectivity index (χ4n) is 2.54. The van der Waals surface area contributed by atoms with Gasteiger partial charge in [0.1, 0.15) is 0 Å². The molecule has 0 saturated carbocycles. The molecule has 1 atom stereocenters. The molecule has 0 aromatic heterocycles. The Kier molecular flexibility index (Phi) is 3.31. The molecular formula is C17H16N2. The van der Waals surface area contributed by atoms with Gasteiger partial charge in [0.25, 0.3) is 0 Å². The van der Waals surface area contributed by atoms with Gasteiger partial charge in [-0.15, -0.1) is 0 Å². The van der Waals surface area contributed by atoms with E-state index >= 15 is 0 Å². The largest absolute Gasteiger partial charge is 0.311 e. The van der Waals surface area contributed by atoms with Gasteiger partial charge in [-0.25, -0.2) is 0 Å². The first-order chi connectivity index (χ1) is 9.35. The molecule has 19 heavy (non-hydrogen) atoms. The average molecular weight is 248 g/mol. The summed E-state index contributed by atoms with van der Waals surface area (Å²) in [5.41, 5.74) is 1.93. The lowest BCUT2D eigenvalue weighted by Gasteiger charge is -2.03. The van der Waals surface area contributed by atoms with Crippen LogP contribution in [0.3, 0.4) is 0 Å². The number of benzene rings is 2. The summed E-state index contributed by atoms with van der Waals surface area (Å²) >= 11 is 0. The highest BCUT2D eigenvalue weighted by molar-refractivity contribution is 5.85. The minimum Gasteiger partial charge on any atom is -0.311 e. The molecule has 1 fully saturated rings. The third-order valence-corrected chi connectivity index (χ3v) is 3.61. The summed E-state index contributed by atoms with van der Waals surface area (Å²) in [6.07, 6.45) is 6.93. The van der Waals surface area contributed by atoms with Gasteiger partial charge in [-0.05, 0) is 53.9 Å². The molecule has 1 saturated heterocycles. The lowest BCUT2D eigenvalue weighted by Crippen LogP contribution is -2.17. The van der Waals surface area contributed by atoms with Crippen LogP contribution in [0.4, 0.5) is 0 Å². The van der Waals surface area contributed by atoms with Crippen molar-refractivity contribution >= 4 is 16.8 Å². The summed E-state index contributed by atoms with van der Waals surface area (Å²) < 4.78 is 0. The Labute approximate surface area is 113 Å². The van der Waals surface area contributed by atoms with Crippen molar-refractivity contribution < 1.29 is 0 Å². The Morgan fingerprint density at radius 1 is 1.16 bits per heavy atom. The van der Waals surface area contributed by atoms with E-state index in [-0.39, 0.29) is 0 Å². The van der Waals surface area contributed by atoms with Gasteiger partial charge < -0.3 is 5.32 Å². The lowest BCUT2D eigenvalue weighted by atomic mass is 10.0. The van der Waals surface area contributed by atoms with E-state index in [0.29, 0.717) is 11.6 Å². The van der Waals surface area contributed by atoms with Crippen LogP contribution in [-0.2, 0) is 0 Å². The van der Waals surface area contributed by atoms with Gasteiger partial charge in [0.15, 0.2) is 0 Å². The third kappa shape index (κ3) is 2.67. The minimum absolute atomic E-state index is 0.525. The van der Waals surface area contributed by atoms with Crippen molar-refractivity contribution in [3.8, 4) is 6.07 Å². The molecule has 94 valence electrons. The molecule has 2 aromatic rings. The van der Waals surface area contributed by atoms with Gasteiger partial charge in [-0.2, -0.15) is 5.26 Å². The molecule has 0 radical (unpaired) electrons. The smallest absolute Gasteiger partial charge is 0.0991 e. The SMILES string of the molecule is N#Cc1ccc2cc(C=C[C@@H]3CCCN3)ccc2c1. The van der Waals surface area contributed by atoms with E-state index in [0.717, 1.165) is 11.9 Å². The van der Waals surface area contributed by atoms with Crippen molar-refractivity contribution in [2.75, 3.05) is 6.54 Å². The van der Waals surface area contributed by atoms with Crippen molar-refractivity contribution in [1.29, 1.82) is 5.26 Å². The zero-order chi connectivity index (χ0) is 13.1. The molecule has 0 aliphatic carbocycles. The van der Waals surface area contributed by atoms with Crippen molar-refractivity contribution in [3.05, 3.63) is 53.6 Å². The van der Waals surface area contributed by atoms with E-state index in [9.17, 15) is 0 Å². The maximum absolute atomic E-state index is 8.89. The quantitative estimate of drug-likeness (QED) is 0.883. The molecule has 0 amide bonds. The number of nitrogens with zero attached hydrogens (tertiary/aromatic N) is 1. The Bertz CT molecular complexity index is 659. The standard InChI is InChI=1S/C17H16N2/c18-12-14-4-7-15-10-13(3-6-16(15)11-14)5-8-17-2-1-9-19-17/h3-8,10-11,17,19H,1-2,9H2/t17-/m0/s1. The number of hydrogen-bond acceptors (Lipinski definition) is 2. The molecule has 0 bridgehead atoms. The molecule has 1 aliphatic heterocycles. The maximum atomic E-state index is 8.89. The summed E-state index contributed by atoms with van der Waals surface area (Å²) in [5, 5.41) is 14.6. The molecule has 2 aromatic carbocycles. The van der Waals surface area contributed by atoms with Gasteiger partial charge in [-0.3, -0.25) is 0 Å². The van der Waals surface area contributed by atoms with Crippen molar-refractivity contribution in [3.63, 3.8) is 0 Å². The van der Waals surface area contributed by atoms with Gasteiger partial charge in [0.05, 0.1) is 11.6 Å². The van der Waals surface area contributed by atoms with Crippen LogP contribution in [-0.4, -0.2) is 12.6 Å². The molecular weight excluding hydrogens is 232 g/mol. The van der Waals surface area contributed by atoms with E-state index in [1.54, 1.807) is 0 Å². The van der Waals surface area contributed by atoms with Crippen LogP contribution < -0.4 is 5.32 Å². The third-order valence-electron chi connectivity index (χ3n) is 3.61. The Balaban J connectivity index is 1.87. The Morgan fingerprint density at radius 3 is 2.79 bits per heavy atom. The van der Waals surface area contributed by atoms with Gasteiger partial charge in [0.2, 0.25) is 0 Å². The van der Waals surface area contributed by atoms with Gasteiger partial charge in [0, 0.05) is 6.04 Å². The highest BCUT2D eigenvalue weighted by atomic mass is 14.9.